The van der Waals surface area contributed by atoms with Gasteiger partial charge in [0.2, 0.25) is 0 Å². The van der Waals surface area contributed by atoms with Crippen LogP contribution in [0.1, 0.15) is 41.2 Å². The first-order valence-electron chi connectivity index (χ1n) is 19.6. The first kappa shape index (κ1) is 33.7. The zero-order valence-electron chi connectivity index (χ0n) is 31.7. The molecule has 0 fully saturated rings. The summed E-state index contributed by atoms with van der Waals surface area (Å²) in [6.45, 7) is 5.06. The first-order valence-corrected chi connectivity index (χ1v) is 19.6. The minimum Gasteiger partial charge on any atom is -0.494 e. The van der Waals surface area contributed by atoms with Crippen molar-refractivity contribution >= 4 is 34.1 Å². The summed E-state index contributed by atoms with van der Waals surface area (Å²) in [5.74, 6) is 0.919. The Morgan fingerprint density at radius 2 is 0.821 bits per heavy atom. The molecule has 3 nitrogen and oxygen atoms in total. The van der Waals surface area contributed by atoms with Gasteiger partial charge in [0.05, 0.1) is 12.0 Å². The van der Waals surface area contributed by atoms with Gasteiger partial charge in [0.25, 0.3) is 0 Å². The van der Waals surface area contributed by atoms with Crippen LogP contribution < -0.4 is 14.5 Å². The second-order valence-corrected chi connectivity index (χ2v) is 14.8. The first-order chi connectivity index (χ1) is 27.6. The number of hydrogen-bond acceptors (Lipinski definition) is 3. The zero-order chi connectivity index (χ0) is 37.6. The lowest BCUT2D eigenvalue weighted by atomic mass is 9.70. The second-order valence-electron chi connectivity index (χ2n) is 14.8. The van der Waals surface area contributed by atoms with Gasteiger partial charge in [-0.05, 0) is 143 Å². The summed E-state index contributed by atoms with van der Waals surface area (Å²) in [4.78, 5) is 4.70. The van der Waals surface area contributed by atoms with Gasteiger partial charge in [0.1, 0.15) is 5.75 Å². The number of aryl methyl sites for hydroxylation is 1. The maximum Gasteiger partial charge on any atom is 0.119 e. The molecule has 2 aliphatic carbocycles. The van der Waals surface area contributed by atoms with Crippen molar-refractivity contribution in [3.63, 3.8) is 0 Å². The molecule has 0 aromatic heterocycles. The van der Waals surface area contributed by atoms with Gasteiger partial charge in [-0.1, -0.05) is 122 Å². The topological polar surface area (TPSA) is 15.7 Å². The van der Waals surface area contributed by atoms with Gasteiger partial charge < -0.3 is 14.5 Å². The molecular formula is C53H42N2O. The summed E-state index contributed by atoms with van der Waals surface area (Å²) in [6, 6.07) is 70.7. The highest BCUT2D eigenvalue weighted by molar-refractivity contribution is 5.96. The third-order valence-electron chi connectivity index (χ3n) is 11.4. The van der Waals surface area contributed by atoms with E-state index in [4.69, 9.17) is 4.74 Å². The van der Waals surface area contributed by atoms with E-state index in [1.165, 1.54) is 50.1 Å². The Morgan fingerprint density at radius 3 is 1.41 bits per heavy atom. The molecule has 3 heteroatoms. The molecule has 0 aliphatic heterocycles. The van der Waals surface area contributed by atoms with Crippen molar-refractivity contribution in [2.45, 2.75) is 25.7 Å². The van der Waals surface area contributed by atoms with Crippen LogP contribution in [-0.4, -0.2) is 6.61 Å². The van der Waals surface area contributed by atoms with Crippen LogP contribution in [-0.2, 0) is 5.41 Å². The van der Waals surface area contributed by atoms with Crippen molar-refractivity contribution in [1.29, 1.82) is 0 Å². The van der Waals surface area contributed by atoms with Crippen molar-refractivity contribution in [3.05, 3.63) is 222 Å². The van der Waals surface area contributed by atoms with Gasteiger partial charge in [-0.2, -0.15) is 0 Å². The summed E-state index contributed by atoms with van der Waals surface area (Å²) in [5.41, 5.74) is 17.7. The fraction of sp³-hybridized carbons (Fsp3) is 0.0943. The zero-order valence-corrected chi connectivity index (χ0v) is 31.7. The lowest BCUT2D eigenvalue weighted by Crippen LogP contribution is -2.26. The van der Waals surface area contributed by atoms with Gasteiger partial charge in [0, 0.05) is 34.1 Å². The van der Waals surface area contributed by atoms with Crippen molar-refractivity contribution in [1.82, 2.24) is 0 Å². The van der Waals surface area contributed by atoms with Gasteiger partial charge in [-0.3, -0.25) is 0 Å². The smallest absolute Gasteiger partial charge is 0.119 e. The molecule has 8 aromatic carbocycles. The number of rotatable bonds is 9. The van der Waals surface area contributed by atoms with Crippen LogP contribution in [0.5, 0.6) is 5.75 Å². The summed E-state index contributed by atoms with van der Waals surface area (Å²) in [5, 5.41) is 0. The summed E-state index contributed by atoms with van der Waals surface area (Å²) in [6.07, 6.45) is 0.962. The lowest BCUT2D eigenvalue weighted by molar-refractivity contribution is 0.317. The predicted molar refractivity (Wildman–Crippen MR) is 233 cm³/mol. The second kappa shape index (κ2) is 13.8. The third-order valence-corrected chi connectivity index (χ3v) is 11.4. The molecule has 0 N–H and O–H groups in total. The summed E-state index contributed by atoms with van der Waals surface area (Å²) >= 11 is 0. The maximum absolute atomic E-state index is 6.33. The highest BCUT2D eigenvalue weighted by Crippen LogP contribution is 2.64. The molecular weight excluding hydrogens is 681 g/mol. The van der Waals surface area contributed by atoms with E-state index >= 15 is 0 Å². The molecule has 8 aromatic rings. The number of para-hydroxylation sites is 3. The highest BCUT2D eigenvalue weighted by Gasteiger charge is 2.52. The Kier molecular flexibility index (Phi) is 8.30. The fourth-order valence-corrected chi connectivity index (χ4v) is 9.09. The molecule has 1 unspecified atom stereocenters. The van der Waals surface area contributed by atoms with Crippen LogP contribution in [0.4, 0.5) is 34.1 Å². The van der Waals surface area contributed by atoms with E-state index in [1.807, 2.05) is 0 Å². The SMILES string of the molecule is CCCOc1ccc2c(c1)C1(c3ccccc3-c3ccc(N(c4ccccc4)c4ccc(N(c5ccccc5)c5ccccc5)cc4)cc31)c1cc(C)ccc1-2. The van der Waals surface area contributed by atoms with E-state index in [-0.39, 0.29) is 0 Å². The summed E-state index contributed by atoms with van der Waals surface area (Å²) < 4.78 is 6.33. The summed E-state index contributed by atoms with van der Waals surface area (Å²) in [7, 11) is 0. The minimum absolute atomic E-state index is 0.498. The van der Waals surface area contributed by atoms with Gasteiger partial charge >= 0.3 is 0 Å². The van der Waals surface area contributed by atoms with Crippen LogP contribution in [0.2, 0.25) is 0 Å². The largest absolute Gasteiger partial charge is 0.494 e. The number of anilines is 6. The van der Waals surface area contributed by atoms with E-state index in [2.05, 4.69) is 218 Å². The van der Waals surface area contributed by atoms with Crippen LogP contribution in [0.15, 0.2) is 194 Å². The Hall–Kier alpha value is -6.84. The van der Waals surface area contributed by atoms with E-state index in [0.29, 0.717) is 6.61 Å². The quantitative estimate of drug-likeness (QED) is 0.148. The fourth-order valence-electron chi connectivity index (χ4n) is 9.09. The molecule has 0 radical (unpaired) electrons. The average Bonchev–Trinajstić information content (AvgIpc) is 3.71. The normalized spacial score (nSPS) is 14.5. The Bertz CT molecular complexity index is 2650. The molecule has 0 heterocycles. The van der Waals surface area contributed by atoms with Crippen molar-refractivity contribution in [2.75, 3.05) is 16.4 Å². The van der Waals surface area contributed by atoms with Crippen LogP contribution in [0.3, 0.4) is 0 Å². The standard InChI is InChI=1S/C53H42N2O/c1-3-33-56-44-29-32-48-46-30-23-37(2)34-50(46)53(52(48)36-44)49-22-14-13-21-45(49)47-31-28-43(35-51(47)53)55(40-19-11-6-12-20-40)42-26-24-41(25-27-42)54(38-15-7-4-8-16-38)39-17-9-5-10-18-39/h4-32,34-36H,3,33H2,1-2H3. The van der Waals surface area contributed by atoms with Crippen molar-refractivity contribution in [3.8, 4) is 28.0 Å². The van der Waals surface area contributed by atoms with Crippen molar-refractivity contribution in [2.24, 2.45) is 0 Å². The van der Waals surface area contributed by atoms with E-state index in [1.54, 1.807) is 0 Å². The number of benzene rings is 8. The van der Waals surface area contributed by atoms with Crippen LogP contribution >= 0.6 is 0 Å². The number of fused-ring (bicyclic) bond motifs is 10. The molecule has 1 spiro atoms. The molecule has 0 bridgehead atoms. The van der Waals surface area contributed by atoms with E-state index in [0.717, 1.165) is 46.3 Å². The minimum atomic E-state index is -0.498. The molecule has 270 valence electrons. The van der Waals surface area contributed by atoms with E-state index in [9.17, 15) is 0 Å². The molecule has 56 heavy (non-hydrogen) atoms. The molecule has 2 aliphatic rings. The maximum atomic E-state index is 6.33. The number of ether oxygens (including phenoxy) is 1. The molecule has 1 atom stereocenters. The molecule has 10 rings (SSSR count). The molecule has 0 saturated heterocycles. The van der Waals surface area contributed by atoms with Crippen molar-refractivity contribution < 1.29 is 4.74 Å². The number of nitrogens with zero attached hydrogens (tertiary/aromatic N) is 2. The van der Waals surface area contributed by atoms with Crippen LogP contribution in [0.25, 0.3) is 22.3 Å². The Morgan fingerprint density at radius 1 is 0.393 bits per heavy atom. The van der Waals surface area contributed by atoms with Gasteiger partial charge in [-0.15, -0.1) is 0 Å². The molecule has 0 saturated carbocycles. The van der Waals surface area contributed by atoms with Gasteiger partial charge in [0.15, 0.2) is 0 Å². The monoisotopic (exact) mass is 722 g/mol. The lowest BCUT2D eigenvalue weighted by Gasteiger charge is -2.32. The Labute approximate surface area is 329 Å². The number of hydrogen-bond donors (Lipinski definition) is 0. The molecule has 0 amide bonds. The average molecular weight is 723 g/mol. The highest BCUT2D eigenvalue weighted by atomic mass is 16.5. The predicted octanol–water partition coefficient (Wildman–Crippen LogP) is 14.1. The van der Waals surface area contributed by atoms with Crippen LogP contribution in [0, 0.1) is 6.92 Å². The van der Waals surface area contributed by atoms with E-state index < -0.39 is 5.41 Å². The Balaban J connectivity index is 1.16. The van der Waals surface area contributed by atoms with Gasteiger partial charge in [-0.25, -0.2) is 0 Å². The third kappa shape index (κ3) is 5.34.